The Morgan fingerprint density at radius 1 is 1.00 bits per heavy atom. The molecule has 0 aliphatic heterocycles. The molecule has 0 nitrogen and oxygen atoms in total. The normalized spacial score (nSPS) is 49.2. The van der Waals surface area contributed by atoms with Crippen LogP contribution in [0.3, 0.4) is 0 Å². The van der Waals surface area contributed by atoms with Crippen LogP contribution in [-0.4, -0.2) is 10.5 Å². The largest absolute Gasteiger partial charge is 0.176 e. The third-order valence-corrected chi connectivity index (χ3v) is 3.89. The molecule has 0 aromatic rings. The average molecular weight is 176 g/mol. The van der Waals surface area contributed by atoms with Gasteiger partial charge in [0, 0.05) is 10.5 Å². The molecule has 0 N–H and O–H groups in total. The maximum Gasteiger partial charge on any atom is 0.00688 e. The molecular weight excluding hydrogens is 160 g/mol. The van der Waals surface area contributed by atoms with E-state index in [1.165, 1.54) is 12.8 Å². The van der Waals surface area contributed by atoms with E-state index in [-0.39, 0.29) is 0 Å². The van der Waals surface area contributed by atoms with Crippen LogP contribution in [0, 0.1) is 11.8 Å². The summed E-state index contributed by atoms with van der Waals surface area (Å²) in [5, 5.41) is 1.22. The van der Waals surface area contributed by atoms with Gasteiger partial charge in [-0.05, 0) is 24.7 Å². The summed E-state index contributed by atoms with van der Waals surface area (Å²) in [5.41, 5.74) is 0. The lowest BCUT2D eigenvalue weighted by Crippen LogP contribution is -2.30. The van der Waals surface area contributed by atoms with Crippen molar-refractivity contribution in [3.8, 4) is 0 Å². The van der Waals surface area contributed by atoms with Crippen LogP contribution in [0.5, 0.6) is 0 Å². The van der Waals surface area contributed by atoms with Crippen molar-refractivity contribution in [1.29, 1.82) is 0 Å². The quantitative estimate of drug-likeness (QED) is 0.521. The van der Waals surface area contributed by atoms with Crippen LogP contribution < -0.4 is 0 Å². The fourth-order valence-corrected chi connectivity index (χ4v) is 2.70. The van der Waals surface area contributed by atoms with E-state index in [1.54, 1.807) is 0 Å². The zero-order valence-corrected chi connectivity index (χ0v) is 8.41. The van der Waals surface area contributed by atoms with Gasteiger partial charge >= 0.3 is 0 Å². The van der Waals surface area contributed by atoms with E-state index in [0.29, 0.717) is 10.5 Å². The lowest BCUT2D eigenvalue weighted by Gasteiger charge is -2.34. The Morgan fingerprint density at radius 3 is 1.80 bits per heavy atom. The van der Waals surface area contributed by atoms with Gasteiger partial charge in [0.1, 0.15) is 0 Å². The Balaban J connectivity index is 2.49. The Bertz CT molecular complexity index is 102. The summed E-state index contributed by atoms with van der Waals surface area (Å²) in [6.45, 7) is 4.55. The van der Waals surface area contributed by atoms with Crippen molar-refractivity contribution in [2.45, 2.75) is 37.2 Å². The molecular formula is C8H16S2. The molecule has 0 saturated heterocycles. The average Bonchev–Trinajstić information content (AvgIpc) is 1.82. The van der Waals surface area contributed by atoms with Crippen molar-refractivity contribution in [3.63, 3.8) is 0 Å². The van der Waals surface area contributed by atoms with Crippen molar-refractivity contribution in [2.75, 3.05) is 0 Å². The first kappa shape index (κ1) is 8.79. The number of rotatable bonds is 0. The topological polar surface area (TPSA) is 0 Å². The predicted octanol–water partition coefficient (Wildman–Crippen LogP) is 2.65. The van der Waals surface area contributed by atoms with Gasteiger partial charge in [-0.1, -0.05) is 13.8 Å². The smallest absolute Gasteiger partial charge is 0.00688 e. The Morgan fingerprint density at radius 2 is 1.40 bits per heavy atom. The van der Waals surface area contributed by atoms with E-state index in [9.17, 15) is 0 Å². The summed E-state index contributed by atoms with van der Waals surface area (Å²) >= 11 is 9.04. The Labute approximate surface area is 74.6 Å². The maximum atomic E-state index is 4.56. The van der Waals surface area contributed by atoms with Crippen molar-refractivity contribution in [1.82, 2.24) is 0 Å². The van der Waals surface area contributed by atoms with Gasteiger partial charge in [-0.2, -0.15) is 25.3 Å². The highest BCUT2D eigenvalue weighted by Gasteiger charge is 2.28. The van der Waals surface area contributed by atoms with Gasteiger partial charge in [0.2, 0.25) is 0 Å². The molecule has 1 fully saturated rings. The zero-order valence-electron chi connectivity index (χ0n) is 6.62. The van der Waals surface area contributed by atoms with Gasteiger partial charge in [0.25, 0.3) is 0 Å². The molecule has 0 amide bonds. The van der Waals surface area contributed by atoms with Gasteiger partial charge in [-0.25, -0.2) is 0 Å². The fourth-order valence-electron chi connectivity index (χ4n) is 1.79. The molecule has 0 aromatic heterocycles. The van der Waals surface area contributed by atoms with E-state index in [4.69, 9.17) is 0 Å². The van der Waals surface area contributed by atoms with E-state index in [1.807, 2.05) is 0 Å². The summed E-state index contributed by atoms with van der Waals surface area (Å²) in [6, 6.07) is 0. The minimum Gasteiger partial charge on any atom is -0.176 e. The SMILES string of the molecule is CC1CC(S)CC(C)C1S. The molecule has 1 aliphatic rings. The van der Waals surface area contributed by atoms with Gasteiger partial charge in [0.15, 0.2) is 0 Å². The summed E-state index contributed by atoms with van der Waals surface area (Å²) in [5.74, 6) is 1.49. The molecule has 0 heterocycles. The van der Waals surface area contributed by atoms with Gasteiger partial charge in [-0.3, -0.25) is 0 Å². The second kappa shape index (κ2) is 3.40. The van der Waals surface area contributed by atoms with Crippen LogP contribution in [0.25, 0.3) is 0 Å². The van der Waals surface area contributed by atoms with Crippen molar-refractivity contribution >= 4 is 25.3 Å². The molecule has 0 spiro atoms. The van der Waals surface area contributed by atoms with E-state index < -0.39 is 0 Å². The maximum absolute atomic E-state index is 4.56. The molecule has 0 aromatic carbocycles. The van der Waals surface area contributed by atoms with Gasteiger partial charge in [-0.15, -0.1) is 0 Å². The summed E-state index contributed by atoms with van der Waals surface area (Å²) in [6.07, 6.45) is 2.48. The first-order chi connectivity index (χ1) is 4.61. The fraction of sp³-hybridized carbons (Fsp3) is 1.00. The van der Waals surface area contributed by atoms with Crippen LogP contribution in [-0.2, 0) is 0 Å². The van der Waals surface area contributed by atoms with Gasteiger partial charge < -0.3 is 0 Å². The van der Waals surface area contributed by atoms with Crippen molar-refractivity contribution < 1.29 is 0 Å². The van der Waals surface area contributed by atoms with Crippen LogP contribution >= 0.6 is 25.3 Å². The Hall–Kier alpha value is 0.700. The molecule has 2 heteroatoms. The number of hydrogen-bond acceptors (Lipinski definition) is 2. The van der Waals surface area contributed by atoms with Crippen molar-refractivity contribution in [2.24, 2.45) is 11.8 Å². The van der Waals surface area contributed by atoms with Crippen LogP contribution in [0.15, 0.2) is 0 Å². The van der Waals surface area contributed by atoms with E-state index >= 15 is 0 Å². The molecule has 10 heavy (non-hydrogen) atoms. The first-order valence-corrected chi connectivity index (χ1v) is 5.00. The minimum atomic E-state index is 0.600. The first-order valence-electron chi connectivity index (χ1n) is 3.97. The molecule has 1 aliphatic carbocycles. The Kier molecular flexibility index (Phi) is 2.99. The molecule has 2 unspecified atom stereocenters. The summed E-state index contributed by atoms with van der Waals surface area (Å²) in [7, 11) is 0. The van der Waals surface area contributed by atoms with Crippen LogP contribution in [0.1, 0.15) is 26.7 Å². The lowest BCUT2D eigenvalue weighted by molar-refractivity contribution is 0.325. The predicted molar refractivity (Wildman–Crippen MR) is 53.1 cm³/mol. The van der Waals surface area contributed by atoms with Crippen LogP contribution in [0.4, 0.5) is 0 Å². The van der Waals surface area contributed by atoms with E-state index in [2.05, 4.69) is 39.1 Å². The minimum absolute atomic E-state index is 0.600. The lowest BCUT2D eigenvalue weighted by atomic mass is 9.82. The standard InChI is InChI=1S/C8H16S2/c1-5-3-7(9)4-6(2)8(5)10/h5-10H,3-4H2,1-2H3. The number of hydrogen-bond donors (Lipinski definition) is 2. The number of thiol groups is 2. The van der Waals surface area contributed by atoms with E-state index in [0.717, 1.165) is 11.8 Å². The monoisotopic (exact) mass is 176 g/mol. The van der Waals surface area contributed by atoms with Crippen molar-refractivity contribution in [3.05, 3.63) is 0 Å². The molecule has 1 saturated carbocycles. The third kappa shape index (κ3) is 1.85. The second-order valence-corrected chi connectivity index (χ2v) is 4.90. The zero-order chi connectivity index (χ0) is 7.72. The third-order valence-electron chi connectivity index (χ3n) is 2.45. The molecule has 2 atom stereocenters. The van der Waals surface area contributed by atoms with Crippen LogP contribution in [0.2, 0.25) is 0 Å². The highest BCUT2D eigenvalue weighted by molar-refractivity contribution is 7.81. The highest BCUT2D eigenvalue weighted by atomic mass is 32.1. The molecule has 1 rings (SSSR count). The second-order valence-electron chi connectivity index (χ2n) is 3.57. The molecule has 60 valence electrons. The van der Waals surface area contributed by atoms with Gasteiger partial charge in [0.05, 0.1) is 0 Å². The summed E-state index contributed by atoms with van der Waals surface area (Å²) < 4.78 is 0. The highest BCUT2D eigenvalue weighted by Crippen LogP contribution is 2.34. The molecule has 0 radical (unpaired) electrons. The molecule has 0 bridgehead atoms. The summed E-state index contributed by atoms with van der Waals surface area (Å²) in [4.78, 5) is 0.